The second-order valence-corrected chi connectivity index (χ2v) is 8.54. The number of nitrogen functional groups attached to an aromatic ring is 1. The number of hydrogen-bond acceptors (Lipinski definition) is 5. The number of H-pyrrole nitrogens is 2. The summed E-state index contributed by atoms with van der Waals surface area (Å²) >= 11 is 13.6. The van der Waals surface area contributed by atoms with E-state index in [0.29, 0.717) is 16.4 Å². The first-order chi connectivity index (χ1) is 15.6. The van der Waals surface area contributed by atoms with E-state index in [1.54, 1.807) is 13.4 Å². The van der Waals surface area contributed by atoms with E-state index in [1.165, 1.54) is 16.4 Å². The van der Waals surface area contributed by atoms with E-state index in [2.05, 4.69) is 20.1 Å². The van der Waals surface area contributed by atoms with Crippen LogP contribution in [0.2, 0.25) is 10.0 Å². The van der Waals surface area contributed by atoms with Crippen molar-refractivity contribution in [3.63, 3.8) is 0 Å². The molecule has 0 aliphatic rings. The predicted molar refractivity (Wildman–Crippen MR) is 123 cm³/mol. The normalized spacial score (nSPS) is 11.7. The number of nitrogens with two attached hydrogens (primary N) is 1. The van der Waals surface area contributed by atoms with Crippen LogP contribution in [0.4, 0.5) is 19.0 Å². The van der Waals surface area contributed by atoms with Gasteiger partial charge < -0.3 is 20.4 Å². The fraction of sp³-hybridized carbons (Fsp3) is 0.158. The number of rotatable bonds is 5. The number of aromatic amines is 2. The van der Waals surface area contributed by atoms with Crippen molar-refractivity contribution in [3.8, 4) is 28.4 Å². The molecule has 2 aromatic heterocycles. The van der Waals surface area contributed by atoms with Crippen molar-refractivity contribution in [2.24, 2.45) is 0 Å². The zero-order valence-corrected chi connectivity index (χ0v) is 19.5. The van der Waals surface area contributed by atoms with Crippen LogP contribution in [0, 0.1) is 0 Å². The van der Waals surface area contributed by atoms with Crippen LogP contribution in [0.15, 0.2) is 41.3 Å². The maximum absolute atomic E-state index is 13.1. The minimum Gasteiger partial charge on any atom is -0.497 e. The number of halogens is 5. The molecule has 0 saturated carbocycles. The monoisotopic (exact) mass is 514 g/mol. The Balaban J connectivity index is 1.79. The summed E-state index contributed by atoms with van der Waals surface area (Å²) in [5, 5.41) is 11.3. The van der Waals surface area contributed by atoms with E-state index >= 15 is 0 Å². The van der Waals surface area contributed by atoms with Crippen LogP contribution >= 0.6 is 35.0 Å². The van der Waals surface area contributed by atoms with Crippen molar-refractivity contribution in [3.05, 3.63) is 52.0 Å². The molecule has 2 heterocycles. The van der Waals surface area contributed by atoms with Gasteiger partial charge in [0, 0.05) is 0 Å². The van der Waals surface area contributed by atoms with Crippen LogP contribution in [-0.2, 0) is 6.18 Å². The number of ether oxygens (including phenoxy) is 1. The Labute approximate surface area is 200 Å². The number of alkyl halides is 3. The molecule has 33 heavy (non-hydrogen) atoms. The van der Waals surface area contributed by atoms with Gasteiger partial charge in [-0.25, -0.2) is 4.68 Å². The molecular formula is C19H16BCl2F3N6OS. The fourth-order valence-corrected chi connectivity index (χ4v) is 4.55. The van der Waals surface area contributed by atoms with Gasteiger partial charge in [-0.2, -0.15) is 18.3 Å². The summed E-state index contributed by atoms with van der Waals surface area (Å²) in [5.41, 5.74) is 6.66. The average molecular weight is 515 g/mol. The fourth-order valence-electron chi connectivity index (χ4n) is 3.28. The molecule has 7 nitrogen and oxygen atoms in total. The molecule has 0 bridgehead atoms. The standard InChI is InChI=1S/C19H16BCl2F3N6OS/c1-32-11-5-3-10(4-6-11)20-27-18(28-30-20)14-16(33-2)17(26)31(29-14)15-12(21)7-9(8-13(15)22)19(23,24)25/h3-8,27,30H,26H2,1-2H3. The maximum atomic E-state index is 13.1. The molecule has 0 saturated heterocycles. The summed E-state index contributed by atoms with van der Waals surface area (Å²) in [6.45, 7) is -0.328. The van der Waals surface area contributed by atoms with Gasteiger partial charge in [0.2, 0.25) is 0 Å². The van der Waals surface area contributed by atoms with Crippen molar-refractivity contribution in [1.29, 1.82) is 0 Å². The van der Waals surface area contributed by atoms with Crippen molar-refractivity contribution in [1.82, 2.24) is 19.9 Å². The highest BCUT2D eigenvalue weighted by atomic mass is 35.5. The van der Waals surface area contributed by atoms with Crippen molar-refractivity contribution in [2.75, 3.05) is 19.1 Å². The quantitative estimate of drug-likeness (QED) is 0.375. The largest absolute Gasteiger partial charge is 0.497 e. The van der Waals surface area contributed by atoms with Gasteiger partial charge in [0.25, 0.3) is 12.5 Å². The zero-order valence-electron chi connectivity index (χ0n) is 17.2. The molecule has 4 aromatic rings. The molecule has 14 heteroatoms. The van der Waals surface area contributed by atoms with Gasteiger partial charge in [0.1, 0.15) is 17.3 Å². The highest BCUT2D eigenvalue weighted by Gasteiger charge is 2.33. The van der Waals surface area contributed by atoms with Crippen molar-refractivity contribution in [2.45, 2.75) is 11.1 Å². The van der Waals surface area contributed by atoms with E-state index in [9.17, 15) is 13.2 Å². The first kappa shape index (κ1) is 23.5. The summed E-state index contributed by atoms with van der Waals surface area (Å²) in [6, 6.07) is 8.98. The van der Waals surface area contributed by atoms with Gasteiger partial charge in [-0.05, 0) is 35.6 Å². The van der Waals surface area contributed by atoms with Crippen LogP contribution in [0.3, 0.4) is 0 Å². The first-order valence-corrected chi connectivity index (χ1v) is 11.3. The Morgan fingerprint density at radius 1 is 1.18 bits per heavy atom. The summed E-state index contributed by atoms with van der Waals surface area (Å²) in [4.78, 5) is 3.79. The number of benzene rings is 2. The second-order valence-electron chi connectivity index (χ2n) is 6.91. The molecule has 172 valence electrons. The smallest absolute Gasteiger partial charge is 0.416 e. The van der Waals surface area contributed by atoms with Crippen LogP contribution in [0.5, 0.6) is 5.75 Å². The third kappa shape index (κ3) is 4.42. The summed E-state index contributed by atoms with van der Waals surface area (Å²) < 4.78 is 45.7. The van der Waals surface area contributed by atoms with Crippen molar-refractivity contribution < 1.29 is 22.8 Å². The van der Waals surface area contributed by atoms with Gasteiger partial charge in [-0.1, -0.05) is 35.3 Å². The average Bonchev–Trinajstić information content (AvgIpc) is 3.38. The molecule has 0 radical (unpaired) electrons. The molecular weight excluding hydrogens is 499 g/mol. The number of thioether (sulfide) groups is 1. The highest BCUT2D eigenvalue weighted by molar-refractivity contribution is 7.98. The number of nitrogens with one attached hydrogen (secondary N) is 2. The van der Waals surface area contributed by atoms with Crippen LogP contribution in [0.25, 0.3) is 22.7 Å². The molecule has 0 unspecified atom stereocenters. The molecule has 2 aromatic carbocycles. The van der Waals surface area contributed by atoms with Crippen LogP contribution in [0.1, 0.15) is 5.56 Å². The lowest BCUT2D eigenvalue weighted by molar-refractivity contribution is -0.298. The van der Waals surface area contributed by atoms with Crippen molar-refractivity contribution >= 4 is 47.4 Å². The lowest BCUT2D eigenvalue weighted by Crippen LogP contribution is -2.20. The summed E-state index contributed by atoms with van der Waals surface area (Å²) in [5.74, 6) is 1.29. The number of nitrogens with zero attached hydrogens (tertiary/aromatic N) is 3. The SMILES string of the molecule is COc1ccc(-[b-]2[nH]nc(-c3nn(-c4c(Cl)cc(C(F)(F)F)cc4Cl)c(N)c3SC)[nH+]2)cc1. The molecule has 0 aliphatic carbocycles. The van der Waals surface area contributed by atoms with Gasteiger partial charge >= 0.3 is 6.18 Å². The van der Waals surface area contributed by atoms with Gasteiger partial charge in [0.15, 0.2) is 5.69 Å². The molecule has 4 rings (SSSR count). The molecule has 0 spiro atoms. The molecule has 0 aliphatic heterocycles. The zero-order chi connectivity index (χ0) is 23.9. The lowest BCUT2D eigenvalue weighted by Gasteiger charge is -2.13. The second kappa shape index (κ2) is 8.92. The first-order valence-electron chi connectivity index (χ1n) is 9.37. The highest BCUT2D eigenvalue weighted by Crippen LogP contribution is 2.40. The number of anilines is 1. The summed E-state index contributed by atoms with van der Waals surface area (Å²) in [6.07, 6.45) is -2.80. The summed E-state index contributed by atoms with van der Waals surface area (Å²) in [7, 11) is 1.59. The Morgan fingerprint density at radius 2 is 1.82 bits per heavy atom. The predicted octanol–water partition coefficient (Wildman–Crippen LogP) is 4.73. The third-order valence-electron chi connectivity index (χ3n) is 4.90. The van der Waals surface area contributed by atoms with E-state index in [4.69, 9.17) is 33.7 Å². The number of methoxy groups -OCH3 is 1. The Bertz CT molecular complexity index is 1300. The maximum Gasteiger partial charge on any atom is 0.416 e. The molecule has 0 fully saturated rings. The van der Waals surface area contributed by atoms with Crippen LogP contribution < -0.4 is 15.4 Å². The van der Waals surface area contributed by atoms with Gasteiger partial charge in [-0.3, -0.25) is 0 Å². The Hall–Kier alpha value is -2.70. The van der Waals surface area contributed by atoms with E-state index in [-0.39, 0.29) is 28.2 Å². The molecule has 0 atom stereocenters. The van der Waals surface area contributed by atoms with E-state index < -0.39 is 11.7 Å². The van der Waals surface area contributed by atoms with E-state index in [0.717, 1.165) is 23.3 Å². The lowest BCUT2D eigenvalue weighted by atomic mass is 9.80. The number of hydrogen-bond donors (Lipinski definition) is 2. The third-order valence-corrected chi connectivity index (χ3v) is 6.28. The topological polar surface area (TPSA) is 95.9 Å². The molecule has 0 amide bonds. The molecule has 4 N–H and O–H groups in total. The Kier molecular flexibility index (Phi) is 6.34. The van der Waals surface area contributed by atoms with Gasteiger partial charge in [0.05, 0.1) is 27.6 Å². The van der Waals surface area contributed by atoms with Gasteiger partial charge in [-0.15, -0.1) is 17.2 Å². The minimum atomic E-state index is -4.60. The van der Waals surface area contributed by atoms with Crippen LogP contribution in [-0.4, -0.2) is 39.9 Å². The number of aromatic nitrogens is 5. The minimum absolute atomic E-state index is 0.0450. The van der Waals surface area contributed by atoms with E-state index in [1.807, 2.05) is 24.3 Å². The Morgan fingerprint density at radius 3 is 2.36 bits per heavy atom.